The van der Waals surface area contributed by atoms with Crippen LogP contribution in [-0.2, 0) is 11.2 Å². The van der Waals surface area contributed by atoms with Crippen molar-refractivity contribution >= 4 is 11.6 Å². The third-order valence-electron chi connectivity index (χ3n) is 5.06. The van der Waals surface area contributed by atoms with E-state index in [1.54, 1.807) is 30.9 Å². The number of hydrogen-bond acceptors (Lipinski definition) is 6. The van der Waals surface area contributed by atoms with Gasteiger partial charge in [-0.1, -0.05) is 12.0 Å². The summed E-state index contributed by atoms with van der Waals surface area (Å²) in [6.07, 6.45) is 12.6. The molecule has 0 bridgehead atoms. The molecule has 4 heterocycles. The minimum absolute atomic E-state index is 0.0597. The maximum absolute atomic E-state index is 9.48. The van der Waals surface area contributed by atoms with Crippen LogP contribution in [0.15, 0.2) is 70.3 Å². The second-order valence-electron chi connectivity index (χ2n) is 6.99. The maximum Gasteiger partial charge on any atom is 0.250 e. The second-order valence-corrected chi connectivity index (χ2v) is 6.99. The number of aryl methyl sites for hydroxylation is 1. The molecule has 8 nitrogen and oxygen atoms in total. The highest BCUT2D eigenvalue weighted by molar-refractivity contribution is 5.89. The zero-order valence-corrected chi connectivity index (χ0v) is 17.4. The van der Waals surface area contributed by atoms with Crippen LogP contribution < -0.4 is 10.8 Å². The predicted octanol–water partition coefficient (Wildman–Crippen LogP) is 4.07. The highest BCUT2D eigenvalue weighted by Crippen LogP contribution is 2.36. The molecule has 0 amide bonds. The molecule has 0 saturated heterocycles. The van der Waals surface area contributed by atoms with E-state index in [1.807, 2.05) is 18.2 Å². The Morgan fingerprint density at radius 3 is 2.94 bits per heavy atom. The van der Waals surface area contributed by atoms with Crippen LogP contribution >= 0.6 is 0 Å². The first-order valence-electron chi connectivity index (χ1n) is 10.1. The molecule has 3 aromatic rings. The molecular formula is C23H23N6O2. The van der Waals surface area contributed by atoms with E-state index >= 15 is 0 Å². The van der Waals surface area contributed by atoms with E-state index in [0.29, 0.717) is 11.3 Å². The summed E-state index contributed by atoms with van der Waals surface area (Å²) in [7, 11) is 0. The summed E-state index contributed by atoms with van der Waals surface area (Å²) in [5.74, 6) is 0.847. The number of ether oxygens (including phenoxy) is 1. The van der Waals surface area contributed by atoms with Gasteiger partial charge in [0.05, 0.1) is 35.7 Å². The van der Waals surface area contributed by atoms with Crippen LogP contribution in [0.1, 0.15) is 29.6 Å². The highest BCUT2D eigenvalue weighted by atomic mass is 16.5. The standard InChI is InChI=1S/C23H23N6O2/c1-3-25-8-6-17-15(2)28-18(22(17)20-5-4-11-30-20)13-16-7-12-31-23(29-24)21(16)19-14-26-9-10-27-19/h4-5,7,9-14,25,28H,3,6,8H2,1-2H3. The number of furan rings is 1. The molecule has 0 spiro atoms. The fourth-order valence-corrected chi connectivity index (χ4v) is 3.68. The van der Waals surface area contributed by atoms with Crippen molar-refractivity contribution in [2.45, 2.75) is 20.3 Å². The van der Waals surface area contributed by atoms with Crippen molar-refractivity contribution in [1.82, 2.24) is 25.8 Å². The summed E-state index contributed by atoms with van der Waals surface area (Å²) in [5, 5.41) is 6.68. The lowest BCUT2D eigenvalue weighted by molar-refractivity contribution is 0.341. The molecule has 0 aromatic carbocycles. The summed E-state index contributed by atoms with van der Waals surface area (Å²) in [5.41, 5.74) is 15.5. The number of rotatable bonds is 8. The van der Waals surface area contributed by atoms with Crippen molar-refractivity contribution in [2.75, 3.05) is 13.1 Å². The molecule has 8 heteroatoms. The monoisotopic (exact) mass is 415 g/mol. The average Bonchev–Trinajstić information content (AvgIpc) is 3.42. The zero-order valence-electron chi connectivity index (χ0n) is 17.4. The zero-order chi connectivity index (χ0) is 21.6. The molecular weight excluding hydrogens is 392 g/mol. The van der Waals surface area contributed by atoms with Gasteiger partial charge in [-0.3, -0.25) is 9.97 Å². The van der Waals surface area contributed by atoms with Gasteiger partial charge in [0.15, 0.2) is 0 Å². The van der Waals surface area contributed by atoms with E-state index in [1.165, 1.54) is 11.8 Å². The third-order valence-corrected chi connectivity index (χ3v) is 5.06. The van der Waals surface area contributed by atoms with E-state index in [0.717, 1.165) is 47.8 Å². The number of aromatic amines is 1. The van der Waals surface area contributed by atoms with Crippen molar-refractivity contribution in [3.05, 3.63) is 83.4 Å². The maximum atomic E-state index is 9.48. The largest absolute Gasteiger partial charge is 0.464 e. The fraction of sp³-hybridized carbons (Fsp3) is 0.217. The normalized spacial score (nSPS) is 14.8. The Kier molecular flexibility index (Phi) is 6.18. The highest BCUT2D eigenvalue weighted by Gasteiger charge is 2.22. The topological polar surface area (TPSA) is 111 Å². The Bertz CT molecular complexity index is 1140. The van der Waals surface area contributed by atoms with Crippen LogP contribution in [0, 0.1) is 6.92 Å². The molecule has 1 aliphatic rings. The molecule has 157 valence electrons. The molecule has 1 aliphatic heterocycles. The van der Waals surface area contributed by atoms with Gasteiger partial charge in [0.2, 0.25) is 5.88 Å². The molecule has 0 fully saturated rings. The molecule has 31 heavy (non-hydrogen) atoms. The number of allylic oxidation sites excluding steroid dienone is 3. The third kappa shape index (κ3) is 4.24. The van der Waals surface area contributed by atoms with E-state index in [2.05, 4.69) is 39.2 Å². The molecule has 0 aliphatic carbocycles. The minimum atomic E-state index is 0.0597. The summed E-state index contributed by atoms with van der Waals surface area (Å²) in [4.78, 5) is 12.0. The van der Waals surface area contributed by atoms with Crippen LogP contribution in [0.25, 0.3) is 23.0 Å². The van der Waals surface area contributed by atoms with Gasteiger partial charge in [-0.25, -0.2) is 0 Å². The Balaban J connectivity index is 1.84. The molecule has 3 aromatic heterocycles. The van der Waals surface area contributed by atoms with Gasteiger partial charge in [-0.15, -0.1) is 0 Å². The quantitative estimate of drug-likeness (QED) is 0.425. The summed E-state index contributed by atoms with van der Waals surface area (Å²) in [6.45, 7) is 5.93. The lowest BCUT2D eigenvalue weighted by Crippen LogP contribution is -2.16. The second kappa shape index (κ2) is 9.36. The number of likely N-dealkylation sites (N-methyl/N-ethyl adjacent to an activating group) is 1. The van der Waals surface area contributed by atoms with Crippen molar-refractivity contribution in [3.8, 4) is 11.3 Å². The van der Waals surface area contributed by atoms with Crippen LogP contribution in [0.3, 0.4) is 0 Å². The minimum Gasteiger partial charge on any atom is -0.464 e. The summed E-state index contributed by atoms with van der Waals surface area (Å²) in [6, 6.07) is 3.83. The Hall–Kier alpha value is -3.78. The van der Waals surface area contributed by atoms with Crippen molar-refractivity contribution < 1.29 is 9.15 Å². The van der Waals surface area contributed by atoms with Crippen LogP contribution in [0.2, 0.25) is 0 Å². The van der Waals surface area contributed by atoms with Crippen molar-refractivity contribution in [2.24, 2.45) is 5.11 Å². The average molecular weight is 415 g/mol. The van der Waals surface area contributed by atoms with E-state index in [4.69, 9.17) is 9.15 Å². The van der Waals surface area contributed by atoms with Crippen LogP contribution in [0.5, 0.6) is 0 Å². The SMILES string of the molecule is CCNCCc1c(C)[nH]c(C=C2C=COC(N=[N])=C2c2cnccn2)c1-c1ccco1. The molecule has 0 saturated carbocycles. The lowest BCUT2D eigenvalue weighted by Gasteiger charge is -2.15. The Labute approximate surface area is 180 Å². The predicted molar refractivity (Wildman–Crippen MR) is 117 cm³/mol. The summed E-state index contributed by atoms with van der Waals surface area (Å²) < 4.78 is 11.2. The first-order chi connectivity index (χ1) is 15.2. The number of nitrogens with zero attached hydrogens (tertiary/aromatic N) is 4. The van der Waals surface area contributed by atoms with Crippen LogP contribution in [-0.4, -0.2) is 28.0 Å². The van der Waals surface area contributed by atoms with Gasteiger partial charge in [0, 0.05) is 23.7 Å². The smallest absolute Gasteiger partial charge is 0.250 e. The van der Waals surface area contributed by atoms with Gasteiger partial charge in [-0.2, -0.15) is 0 Å². The van der Waals surface area contributed by atoms with Gasteiger partial charge < -0.3 is 19.5 Å². The van der Waals surface area contributed by atoms with Gasteiger partial charge in [0.25, 0.3) is 0 Å². The summed E-state index contributed by atoms with van der Waals surface area (Å²) >= 11 is 0. The number of aromatic nitrogens is 3. The Morgan fingerprint density at radius 2 is 2.23 bits per heavy atom. The first-order valence-corrected chi connectivity index (χ1v) is 10.1. The van der Waals surface area contributed by atoms with Crippen LogP contribution in [0.4, 0.5) is 0 Å². The van der Waals surface area contributed by atoms with E-state index in [9.17, 15) is 5.53 Å². The molecule has 2 N–H and O–H groups in total. The fourth-order valence-electron chi connectivity index (χ4n) is 3.68. The number of nitrogens with one attached hydrogen (secondary N) is 2. The van der Waals surface area contributed by atoms with E-state index in [-0.39, 0.29) is 5.88 Å². The molecule has 4 rings (SSSR count). The number of hydrogen-bond donors (Lipinski definition) is 2. The van der Waals surface area contributed by atoms with Crippen molar-refractivity contribution in [1.29, 1.82) is 0 Å². The van der Waals surface area contributed by atoms with E-state index < -0.39 is 0 Å². The van der Waals surface area contributed by atoms with Gasteiger partial charge >= 0.3 is 0 Å². The molecule has 0 unspecified atom stereocenters. The van der Waals surface area contributed by atoms with Crippen molar-refractivity contribution in [3.63, 3.8) is 0 Å². The first kappa shape index (κ1) is 20.5. The Morgan fingerprint density at radius 1 is 1.32 bits per heavy atom. The lowest BCUT2D eigenvalue weighted by atomic mass is 9.98. The van der Waals surface area contributed by atoms with Gasteiger partial charge in [-0.05, 0) is 67.4 Å². The molecule has 1 radical (unpaired) electrons. The number of H-pyrrole nitrogens is 1. The molecule has 0 atom stereocenters. The van der Waals surface area contributed by atoms with Gasteiger partial charge in [0.1, 0.15) is 5.76 Å².